The Kier molecular flexibility index (Phi) is 6.73. The first-order valence-corrected chi connectivity index (χ1v) is 12.8. The van der Waals surface area contributed by atoms with Gasteiger partial charge in [0.15, 0.2) is 5.82 Å². The molecule has 184 valence electrons. The summed E-state index contributed by atoms with van der Waals surface area (Å²) < 4.78 is 2.07. The second kappa shape index (κ2) is 9.79. The minimum Gasteiger partial charge on any atom is -0.352 e. The number of piperazine rings is 1. The van der Waals surface area contributed by atoms with Crippen LogP contribution in [0.1, 0.15) is 39.3 Å². The van der Waals surface area contributed by atoms with E-state index >= 15 is 0 Å². The van der Waals surface area contributed by atoms with Crippen molar-refractivity contribution in [2.75, 3.05) is 39.3 Å². The quantitative estimate of drug-likeness (QED) is 0.544. The van der Waals surface area contributed by atoms with Gasteiger partial charge in [-0.2, -0.15) is 5.06 Å². The first-order chi connectivity index (χ1) is 16.8. The van der Waals surface area contributed by atoms with Crippen LogP contribution in [0.25, 0.3) is 5.00 Å². The Morgan fingerprint density at radius 3 is 2.57 bits per heavy atom. The SMILES string of the molecule is Cc1sc2c(c1C)C(c1ccc(Cl)cc1)=NC(CNC(=O)CN1CCN(O)CC1)c1nnc(C)n1-2. The molecule has 0 bridgehead atoms. The number of fused-ring (bicyclic) bond motifs is 3. The van der Waals surface area contributed by atoms with Crippen LogP contribution in [-0.4, -0.2) is 80.8 Å². The molecule has 2 N–H and O–H groups in total. The van der Waals surface area contributed by atoms with Crippen LogP contribution in [0.15, 0.2) is 29.3 Å². The maximum atomic E-state index is 12.8. The molecule has 1 saturated heterocycles. The molecule has 5 rings (SSSR count). The maximum absolute atomic E-state index is 12.8. The lowest BCUT2D eigenvalue weighted by Gasteiger charge is -2.30. The van der Waals surface area contributed by atoms with E-state index in [1.807, 2.05) is 36.1 Å². The zero-order chi connectivity index (χ0) is 24.7. The second-order valence-electron chi connectivity index (χ2n) is 8.94. The van der Waals surface area contributed by atoms with Crippen molar-refractivity contribution in [2.45, 2.75) is 26.8 Å². The summed E-state index contributed by atoms with van der Waals surface area (Å²) in [6.45, 7) is 9.13. The summed E-state index contributed by atoms with van der Waals surface area (Å²) >= 11 is 7.87. The van der Waals surface area contributed by atoms with Crippen molar-refractivity contribution in [1.82, 2.24) is 30.0 Å². The fraction of sp³-hybridized carbons (Fsp3) is 0.417. The molecule has 1 unspecified atom stereocenters. The number of thiophene rings is 1. The van der Waals surface area contributed by atoms with E-state index in [1.54, 1.807) is 11.3 Å². The molecule has 11 heteroatoms. The van der Waals surface area contributed by atoms with Gasteiger partial charge in [0.2, 0.25) is 5.91 Å². The van der Waals surface area contributed by atoms with Gasteiger partial charge in [0.05, 0.1) is 12.3 Å². The molecule has 35 heavy (non-hydrogen) atoms. The van der Waals surface area contributed by atoms with E-state index < -0.39 is 6.04 Å². The van der Waals surface area contributed by atoms with Crippen LogP contribution < -0.4 is 5.32 Å². The molecule has 1 atom stereocenters. The number of amides is 1. The van der Waals surface area contributed by atoms with Crippen LogP contribution in [0.3, 0.4) is 0 Å². The van der Waals surface area contributed by atoms with Crippen LogP contribution in [0, 0.1) is 20.8 Å². The third-order valence-electron chi connectivity index (χ3n) is 6.57. The number of nitrogens with one attached hydrogen (secondary N) is 1. The van der Waals surface area contributed by atoms with Crippen LogP contribution in [0.5, 0.6) is 0 Å². The normalized spacial score (nSPS) is 18.5. The van der Waals surface area contributed by atoms with Crippen molar-refractivity contribution in [3.63, 3.8) is 0 Å². The van der Waals surface area contributed by atoms with Crippen LogP contribution in [0.4, 0.5) is 0 Å². The fourth-order valence-corrected chi connectivity index (χ4v) is 5.84. The van der Waals surface area contributed by atoms with Crippen molar-refractivity contribution in [3.8, 4) is 5.00 Å². The Hall–Kier alpha value is -2.63. The molecule has 0 aliphatic carbocycles. The van der Waals surface area contributed by atoms with Gasteiger partial charge in [0.1, 0.15) is 16.9 Å². The smallest absolute Gasteiger partial charge is 0.234 e. The highest BCUT2D eigenvalue weighted by Crippen LogP contribution is 2.38. The molecule has 1 amide bonds. The van der Waals surface area contributed by atoms with Crippen molar-refractivity contribution in [1.29, 1.82) is 0 Å². The highest BCUT2D eigenvalue weighted by molar-refractivity contribution is 7.15. The summed E-state index contributed by atoms with van der Waals surface area (Å²) in [5, 5.41) is 24.4. The highest BCUT2D eigenvalue weighted by atomic mass is 35.5. The van der Waals surface area contributed by atoms with E-state index in [4.69, 9.17) is 16.6 Å². The Morgan fingerprint density at radius 2 is 1.86 bits per heavy atom. The molecular weight excluding hydrogens is 486 g/mol. The lowest BCUT2D eigenvalue weighted by Crippen LogP contribution is -2.48. The van der Waals surface area contributed by atoms with Crippen LogP contribution >= 0.6 is 22.9 Å². The molecule has 1 aromatic carbocycles. The number of rotatable bonds is 5. The largest absolute Gasteiger partial charge is 0.352 e. The number of benzene rings is 1. The van der Waals surface area contributed by atoms with Crippen molar-refractivity contribution < 1.29 is 10.0 Å². The molecule has 2 aliphatic heterocycles. The highest BCUT2D eigenvalue weighted by Gasteiger charge is 2.31. The van der Waals surface area contributed by atoms with E-state index in [-0.39, 0.29) is 12.5 Å². The molecule has 1 fully saturated rings. The number of aryl methyl sites for hydroxylation is 2. The van der Waals surface area contributed by atoms with Crippen LogP contribution in [0.2, 0.25) is 5.02 Å². The van der Waals surface area contributed by atoms with E-state index in [1.165, 1.54) is 15.5 Å². The summed E-state index contributed by atoms with van der Waals surface area (Å²) in [5.41, 5.74) is 4.06. The number of hydroxylamine groups is 2. The summed E-state index contributed by atoms with van der Waals surface area (Å²) in [7, 11) is 0. The monoisotopic (exact) mass is 513 g/mol. The number of carbonyl (C=O) groups is 1. The first-order valence-electron chi connectivity index (χ1n) is 11.6. The Balaban J connectivity index is 1.48. The summed E-state index contributed by atoms with van der Waals surface area (Å²) in [4.78, 5) is 21.2. The molecule has 0 saturated carbocycles. The van der Waals surface area contributed by atoms with E-state index in [9.17, 15) is 10.0 Å². The number of nitrogens with zero attached hydrogens (tertiary/aromatic N) is 6. The average molecular weight is 514 g/mol. The fourth-order valence-electron chi connectivity index (χ4n) is 4.50. The minimum absolute atomic E-state index is 0.0755. The molecule has 0 radical (unpaired) electrons. The van der Waals surface area contributed by atoms with Crippen molar-refractivity contribution >= 4 is 34.6 Å². The van der Waals surface area contributed by atoms with Gasteiger partial charge in [0.25, 0.3) is 0 Å². The molecular formula is C24H28ClN7O2S. The van der Waals surface area contributed by atoms with Gasteiger partial charge >= 0.3 is 0 Å². The molecule has 0 spiro atoms. The molecule has 4 heterocycles. The number of hydrogen-bond acceptors (Lipinski definition) is 8. The number of carbonyl (C=O) groups excluding carboxylic acids is 1. The van der Waals surface area contributed by atoms with E-state index in [0.717, 1.165) is 27.7 Å². The zero-order valence-electron chi connectivity index (χ0n) is 20.0. The van der Waals surface area contributed by atoms with Gasteiger partial charge < -0.3 is 10.5 Å². The van der Waals surface area contributed by atoms with Gasteiger partial charge in [-0.05, 0) is 38.5 Å². The number of halogens is 1. The molecule has 2 aromatic heterocycles. The average Bonchev–Trinajstić information content (AvgIpc) is 3.31. The van der Waals surface area contributed by atoms with Crippen LogP contribution in [-0.2, 0) is 4.79 Å². The van der Waals surface area contributed by atoms with Gasteiger partial charge in [0, 0.05) is 53.8 Å². The van der Waals surface area contributed by atoms with Crippen molar-refractivity contribution in [2.24, 2.45) is 4.99 Å². The first kappa shape index (κ1) is 24.1. The second-order valence-corrected chi connectivity index (χ2v) is 10.6. The van der Waals surface area contributed by atoms with Gasteiger partial charge in [-0.3, -0.25) is 19.3 Å². The third-order valence-corrected chi connectivity index (χ3v) is 8.01. The molecule has 3 aromatic rings. The number of aliphatic imine (C=N–C) groups is 1. The third kappa shape index (κ3) is 4.76. The lowest BCUT2D eigenvalue weighted by atomic mass is 10.00. The molecule has 9 nitrogen and oxygen atoms in total. The maximum Gasteiger partial charge on any atom is 0.234 e. The summed E-state index contributed by atoms with van der Waals surface area (Å²) in [5.74, 6) is 1.42. The number of aromatic nitrogens is 3. The lowest BCUT2D eigenvalue weighted by molar-refractivity contribution is -0.131. The Morgan fingerprint density at radius 1 is 1.14 bits per heavy atom. The van der Waals surface area contributed by atoms with E-state index in [0.29, 0.717) is 43.6 Å². The summed E-state index contributed by atoms with van der Waals surface area (Å²) in [6.07, 6.45) is 0. The van der Waals surface area contributed by atoms with E-state index in [2.05, 4.69) is 33.9 Å². The number of hydrogen-bond donors (Lipinski definition) is 2. The van der Waals surface area contributed by atoms with Gasteiger partial charge in [-0.1, -0.05) is 23.7 Å². The predicted molar refractivity (Wildman–Crippen MR) is 136 cm³/mol. The van der Waals surface area contributed by atoms with Crippen molar-refractivity contribution in [3.05, 3.63) is 62.5 Å². The zero-order valence-corrected chi connectivity index (χ0v) is 21.5. The molecule has 2 aliphatic rings. The Labute approximate surface area is 213 Å². The minimum atomic E-state index is -0.403. The standard InChI is InChI=1S/C24H28ClN7O2S/c1-14-15(2)35-24-21(14)22(17-4-6-18(25)7-5-17)27-19(23-29-28-16(3)32(23)24)12-26-20(33)13-30-8-10-31(34)11-9-30/h4-7,19,34H,8-13H2,1-3H3,(H,26,33). The predicted octanol–water partition coefficient (Wildman–Crippen LogP) is 2.92. The van der Waals surface area contributed by atoms with Gasteiger partial charge in [-0.15, -0.1) is 21.5 Å². The van der Waals surface area contributed by atoms with Gasteiger partial charge in [-0.25, -0.2) is 0 Å². The summed E-state index contributed by atoms with van der Waals surface area (Å²) in [6, 6.07) is 7.29. The topological polar surface area (TPSA) is 98.9 Å². The Bertz CT molecular complexity index is 1280.